The van der Waals surface area contributed by atoms with E-state index >= 15 is 0 Å². The van der Waals surface area contributed by atoms with Crippen molar-refractivity contribution < 1.29 is 17.6 Å². The summed E-state index contributed by atoms with van der Waals surface area (Å²) in [6.07, 6.45) is 1.07. The molecule has 0 spiro atoms. The van der Waals surface area contributed by atoms with Gasteiger partial charge in [-0.05, 0) is 61.4 Å². The first-order valence-corrected chi connectivity index (χ1v) is 11.4. The van der Waals surface area contributed by atoms with E-state index in [4.69, 9.17) is 11.6 Å². The Morgan fingerprint density at radius 3 is 2.44 bits per heavy atom. The number of nitrogens with one attached hydrogen (secondary N) is 1. The molecule has 9 heteroatoms. The molecule has 32 heavy (non-hydrogen) atoms. The third-order valence-electron chi connectivity index (χ3n) is 4.78. The van der Waals surface area contributed by atoms with Gasteiger partial charge in [0, 0.05) is 5.56 Å². The first kappa shape index (κ1) is 23.4. The fraction of sp³-hybridized carbons (Fsp3) is 0.130. The van der Waals surface area contributed by atoms with Gasteiger partial charge in [0.15, 0.2) is 0 Å². The van der Waals surface area contributed by atoms with Gasteiger partial charge >= 0.3 is 0 Å². The van der Waals surface area contributed by atoms with Gasteiger partial charge < -0.3 is 0 Å². The van der Waals surface area contributed by atoms with Gasteiger partial charge in [-0.25, -0.2) is 18.2 Å². The van der Waals surface area contributed by atoms with E-state index in [2.05, 4.69) is 10.5 Å². The number of rotatable bonds is 7. The van der Waals surface area contributed by atoms with Crippen LogP contribution in [0.15, 0.2) is 76.7 Å². The van der Waals surface area contributed by atoms with Crippen molar-refractivity contribution in [2.45, 2.75) is 18.7 Å². The van der Waals surface area contributed by atoms with E-state index in [-0.39, 0.29) is 15.5 Å². The molecule has 1 N–H and O–H groups in total. The van der Waals surface area contributed by atoms with Crippen molar-refractivity contribution in [3.8, 4) is 0 Å². The number of amides is 1. The normalized spacial score (nSPS) is 11.5. The Bertz CT molecular complexity index is 1240. The quantitative estimate of drug-likeness (QED) is 0.407. The molecule has 0 heterocycles. The molecule has 0 aliphatic carbocycles. The molecule has 0 saturated heterocycles. The van der Waals surface area contributed by atoms with Gasteiger partial charge in [0.1, 0.15) is 12.4 Å². The number of hydrazone groups is 1. The lowest BCUT2D eigenvalue weighted by Gasteiger charge is -2.24. The lowest BCUT2D eigenvalue weighted by molar-refractivity contribution is -0.119. The lowest BCUT2D eigenvalue weighted by atomic mass is 10.1. The van der Waals surface area contributed by atoms with Gasteiger partial charge in [0.25, 0.3) is 15.9 Å². The fourth-order valence-electron chi connectivity index (χ4n) is 2.88. The molecule has 3 rings (SSSR count). The van der Waals surface area contributed by atoms with E-state index in [0.29, 0.717) is 5.69 Å². The number of anilines is 1. The predicted molar refractivity (Wildman–Crippen MR) is 124 cm³/mol. The van der Waals surface area contributed by atoms with Crippen LogP contribution < -0.4 is 9.73 Å². The minimum absolute atomic E-state index is 0.0115. The number of sulfonamides is 1. The molecule has 0 saturated carbocycles. The standard InChI is InChI=1S/C23H21ClFN3O3S/c1-16-11-12-18(13-17(16)2)28(32(30,31)19-7-4-3-5-8-19)15-23(29)27-26-14-20-21(24)9-6-10-22(20)25/h3-14H,15H2,1-2H3,(H,27,29)/b26-14+. The molecule has 0 unspecified atom stereocenters. The first-order valence-electron chi connectivity index (χ1n) is 9.61. The minimum atomic E-state index is -4.03. The van der Waals surface area contributed by atoms with Gasteiger partial charge in [-0.2, -0.15) is 5.10 Å². The van der Waals surface area contributed by atoms with E-state index in [9.17, 15) is 17.6 Å². The van der Waals surface area contributed by atoms with Crippen LogP contribution in [0.4, 0.5) is 10.1 Å². The van der Waals surface area contributed by atoms with Crippen molar-refractivity contribution in [1.29, 1.82) is 0 Å². The second kappa shape index (κ2) is 9.93. The summed E-state index contributed by atoms with van der Waals surface area (Å²) < 4.78 is 41.4. The van der Waals surface area contributed by atoms with Crippen LogP contribution in [-0.2, 0) is 14.8 Å². The van der Waals surface area contributed by atoms with Crippen LogP contribution in [0.5, 0.6) is 0 Å². The van der Waals surface area contributed by atoms with Crippen LogP contribution >= 0.6 is 11.6 Å². The lowest BCUT2D eigenvalue weighted by Crippen LogP contribution is -2.39. The van der Waals surface area contributed by atoms with E-state index in [1.54, 1.807) is 36.4 Å². The van der Waals surface area contributed by atoms with Crippen molar-refractivity contribution in [1.82, 2.24) is 5.43 Å². The van der Waals surface area contributed by atoms with E-state index in [1.165, 1.54) is 30.3 Å². The van der Waals surface area contributed by atoms with E-state index in [1.807, 2.05) is 13.8 Å². The van der Waals surface area contributed by atoms with Gasteiger partial charge in [-0.3, -0.25) is 9.10 Å². The number of hydrogen-bond donors (Lipinski definition) is 1. The van der Waals surface area contributed by atoms with Crippen molar-refractivity contribution >= 4 is 39.4 Å². The molecule has 3 aromatic rings. The van der Waals surface area contributed by atoms with E-state index < -0.39 is 28.3 Å². The Morgan fingerprint density at radius 2 is 1.78 bits per heavy atom. The summed E-state index contributed by atoms with van der Waals surface area (Å²) in [5, 5.41) is 3.86. The minimum Gasteiger partial charge on any atom is -0.271 e. The Morgan fingerprint density at radius 1 is 1.06 bits per heavy atom. The Hall–Kier alpha value is -3.23. The van der Waals surface area contributed by atoms with Crippen molar-refractivity contribution in [3.63, 3.8) is 0 Å². The number of aryl methyl sites for hydroxylation is 2. The highest BCUT2D eigenvalue weighted by Crippen LogP contribution is 2.25. The third-order valence-corrected chi connectivity index (χ3v) is 6.90. The fourth-order valence-corrected chi connectivity index (χ4v) is 4.53. The summed E-state index contributed by atoms with van der Waals surface area (Å²) in [7, 11) is -4.03. The molecule has 0 aromatic heterocycles. The van der Waals surface area contributed by atoms with Crippen molar-refractivity contribution in [3.05, 3.63) is 94.3 Å². The van der Waals surface area contributed by atoms with Crippen LogP contribution in [0.3, 0.4) is 0 Å². The second-order valence-electron chi connectivity index (χ2n) is 7.02. The van der Waals surface area contributed by atoms with Gasteiger partial charge in [-0.1, -0.05) is 41.9 Å². The maximum atomic E-state index is 13.8. The van der Waals surface area contributed by atoms with Crippen LogP contribution in [0.25, 0.3) is 0 Å². The Kier molecular flexibility index (Phi) is 7.27. The molecule has 0 bridgehead atoms. The van der Waals surface area contributed by atoms with Crippen LogP contribution in [0, 0.1) is 19.7 Å². The topological polar surface area (TPSA) is 78.8 Å². The molecule has 0 radical (unpaired) electrons. The summed E-state index contributed by atoms with van der Waals surface area (Å²) in [4.78, 5) is 12.6. The molecule has 0 fully saturated rings. The molecule has 0 aliphatic heterocycles. The summed E-state index contributed by atoms with van der Waals surface area (Å²) in [5.41, 5.74) is 4.45. The summed E-state index contributed by atoms with van der Waals surface area (Å²) in [5.74, 6) is -1.30. The molecule has 166 valence electrons. The monoisotopic (exact) mass is 473 g/mol. The van der Waals surface area contributed by atoms with Crippen LogP contribution in [0.2, 0.25) is 5.02 Å². The molecule has 6 nitrogen and oxygen atoms in total. The maximum absolute atomic E-state index is 13.8. The number of halogens is 2. The average molecular weight is 474 g/mol. The smallest absolute Gasteiger partial charge is 0.264 e. The van der Waals surface area contributed by atoms with Gasteiger partial charge in [0.2, 0.25) is 0 Å². The number of benzene rings is 3. The molecule has 3 aromatic carbocycles. The second-order valence-corrected chi connectivity index (χ2v) is 9.29. The van der Waals surface area contributed by atoms with Crippen LogP contribution in [-0.4, -0.2) is 27.1 Å². The predicted octanol–water partition coefficient (Wildman–Crippen LogP) is 4.44. The number of hydrogen-bond acceptors (Lipinski definition) is 4. The molecular formula is C23H21ClFN3O3S. The molecule has 1 amide bonds. The zero-order chi connectivity index (χ0) is 23.3. The zero-order valence-electron chi connectivity index (χ0n) is 17.4. The molecule has 0 atom stereocenters. The summed E-state index contributed by atoms with van der Waals surface area (Å²) in [6, 6.07) is 17.1. The highest BCUT2D eigenvalue weighted by atomic mass is 35.5. The largest absolute Gasteiger partial charge is 0.271 e. The van der Waals surface area contributed by atoms with Crippen molar-refractivity contribution in [2.24, 2.45) is 5.10 Å². The van der Waals surface area contributed by atoms with Gasteiger partial charge in [-0.15, -0.1) is 0 Å². The highest BCUT2D eigenvalue weighted by molar-refractivity contribution is 7.92. The SMILES string of the molecule is Cc1ccc(N(CC(=O)N/N=C/c2c(F)cccc2Cl)S(=O)(=O)c2ccccc2)cc1C. The van der Waals surface area contributed by atoms with Crippen molar-refractivity contribution in [2.75, 3.05) is 10.8 Å². The number of carbonyl (C=O) groups is 1. The number of carbonyl (C=O) groups excluding carboxylic acids is 1. The van der Waals surface area contributed by atoms with Crippen LogP contribution in [0.1, 0.15) is 16.7 Å². The Balaban J connectivity index is 1.88. The molecular weight excluding hydrogens is 453 g/mol. The van der Waals surface area contributed by atoms with E-state index in [0.717, 1.165) is 21.6 Å². The average Bonchev–Trinajstić information content (AvgIpc) is 2.76. The van der Waals surface area contributed by atoms with Gasteiger partial charge in [0.05, 0.1) is 21.8 Å². The summed E-state index contributed by atoms with van der Waals surface area (Å²) in [6.45, 7) is 3.24. The molecule has 0 aliphatic rings. The first-order chi connectivity index (χ1) is 15.2. The number of nitrogens with zero attached hydrogens (tertiary/aromatic N) is 2. The summed E-state index contributed by atoms with van der Waals surface area (Å²) >= 11 is 5.93. The zero-order valence-corrected chi connectivity index (χ0v) is 19.0. The highest BCUT2D eigenvalue weighted by Gasteiger charge is 2.27. The maximum Gasteiger partial charge on any atom is 0.264 e. The third kappa shape index (κ3) is 5.33. The Labute approximate surface area is 191 Å².